The Hall–Kier alpha value is -1.86. The highest BCUT2D eigenvalue weighted by atomic mass is 79.9. The first-order chi connectivity index (χ1) is 9.13. The predicted molar refractivity (Wildman–Crippen MR) is 79.9 cm³/mol. The number of benzene rings is 1. The Morgan fingerprint density at radius 1 is 1.32 bits per heavy atom. The first-order valence-corrected chi connectivity index (χ1v) is 6.73. The quantitative estimate of drug-likeness (QED) is 0.867. The lowest BCUT2D eigenvalue weighted by Gasteiger charge is -2.20. The first kappa shape index (κ1) is 13.6. The normalized spacial score (nSPS) is 10.0. The van der Waals surface area contributed by atoms with Gasteiger partial charge in [-0.05, 0) is 30.2 Å². The summed E-state index contributed by atoms with van der Waals surface area (Å²) in [5.41, 5.74) is 2.75. The van der Waals surface area contributed by atoms with Gasteiger partial charge in [-0.3, -0.25) is 0 Å². The number of rotatable bonds is 3. The average Bonchev–Trinajstić information content (AvgIpc) is 2.41. The van der Waals surface area contributed by atoms with Crippen molar-refractivity contribution >= 4 is 21.7 Å². The summed E-state index contributed by atoms with van der Waals surface area (Å²) in [5.74, 6) is 0.721. The Kier molecular flexibility index (Phi) is 4.18. The van der Waals surface area contributed by atoms with Crippen molar-refractivity contribution in [2.75, 3.05) is 11.9 Å². The molecule has 0 fully saturated rings. The van der Waals surface area contributed by atoms with Crippen LogP contribution in [0.15, 0.2) is 41.0 Å². The maximum Gasteiger partial charge on any atom is 0.146 e. The van der Waals surface area contributed by atoms with E-state index in [4.69, 9.17) is 0 Å². The van der Waals surface area contributed by atoms with Crippen molar-refractivity contribution < 1.29 is 0 Å². The number of nitriles is 1. The maximum atomic E-state index is 9.24. The van der Waals surface area contributed by atoms with Crippen LogP contribution in [0.25, 0.3) is 0 Å². The lowest BCUT2D eigenvalue weighted by molar-refractivity contribution is 0.889. The second-order valence-electron chi connectivity index (χ2n) is 4.39. The fourth-order valence-corrected chi connectivity index (χ4v) is 2.34. The standard InChI is InChI=1S/C15H14BrN3/c1-11-7-8-18-15(13(11)9-17)19(2)10-12-5-3-4-6-14(12)16/h3-8H,10H2,1-2H3. The molecule has 0 radical (unpaired) electrons. The van der Waals surface area contributed by atoms with Crippen LogP contribution in [0.4, 0.5) is 5.82 Å². The molecule has 3 nitrogen and oxygen atoms in total. The average molecular weight is 316 g/mol. The van der Waals surface area contributed by atoms with Gasteiger partial charge in [0, 0.05) is 24.3 Å². The van der Waals surface area contributed by atoms with Crippen LogP contribution in [0.3, 0.4) is 0 Å². The molecule has 0 spiro atoms. The molecule has 0 saturated carbocycles. The molecule has 1 aromatic carbocycles. The molecule has 2 aromatic rings. The third-order valence-corrected chi connectivity index (χ3v) is 3.75. The van der Waals surface area contributed by atoms with Crippen molar-refractivity contribution in [1.29, 1.82) is 5.26 Å². The number of anilines is 1. The van der Waals surface area contributed by atoms with Gasteiger partial charge >= 0.3 is 0 Å². The zero-order chi connectivity index (χ0) is 13.8. The Morgan fingerprint density at radius 2 is 2.05 bits per heavy atom. The van der Waals surface area contributed by atoms with Crippen LogP contribution in [0.1, 0.15) is 16.7 Å². The fourth-order valence-electron chi connectivity index (χ4n) is 1.93. The molecule has 2 rings (SSSR count). The van der Waals surface area contributed by atoms with Crippen LogP contribution in [-0.2, 0) is 6.54 Å². The van der Waals surface area contributed by atoms with E-state index in [-0.39, 0.29) is 0 Å². The van der Waals surface area contributed by atoms with Gasteiger partial charge in [-0.15, -0.1) is 0 Å². The van der Waals surface area contributed by atoms with Gasteiger partial charge in [0.25, 0.3) is 0 Å². The molecule has 19 heavy (non-hydrogen) atoms. The summed E-state index contributed by atoms with van der Waals surface area (Å²) in [4.78, 5) is 6.32. The minimum absolute atomic E-state index is 0.636. The largest absolute Gasteiger partial charge is 0.354 e. The van der Waals surface area contributed by atoms with E-state index in [1.165, 1.54) is 0 Å². The molecule has 1 aromatic heterocycles. The number of aromatic nitrogens is 1. The van der Waals surface area contributed by atoms with Crippen LogP contribution in [0.5, 0.6) is 0 Å². The van der Waals surface area contributed by atoms with Gasteiger partial charge in [0.1, 0.15) is 11.9 Å². The summed E-state index contributed by atoms with van der Waals surface area (Å²) in [7, 11) is 1.95. The molecule has 96 valence electrons. The van der Waals surface area contributed by atoms with E-state index >= 15 is 0 Å². The lowest BCUT2D eigenvalue weighted by Crippen LogP contribution is -2.19. The maximum absolute atomic E-state index is 9.24. The minimum atomic E-state index is 0.636. The van der Waals surface area contributed by atoms with Crippen LogP contribution < -0.4 is 4.90 Å². The molecule has 0 aliphatic carbocycles. The smallest absolute Gasteiger partial charge is 0.146 e. The van der Waals surface area contributed by atoms with E-state index in [9.17, 15) is 5.26 Å². The minimum Gasteiger partial charge on any atom is -0.354 e. The molecule has 0 amide bonds. The fraction of sp³-hybridized carbons (Fsp3) is 0.200. The van der Waals surface area contributed by atoms with Gasteiger partial charge in [0.05, 0.1) is 5.56 Å². The van der Waals surface area contributed by atoms with Gasteiger partial charge in [0.15, 0.2) is 0 Å². The molecule has 0 saturated heterocycles. The number of aryl methyl sites for hydroxylation is 1. The molecule has 0 bridgehead atoms. The predicted octanol–water partition coefficient (Wildman–Crippen LogP) is 3.66. The Morgan fingerprint density at radius 3 is 2.74 bits per heavy atom. The van der Waals surface area contributed by atoms with E-state index in [1.54, 1.807) is 6.20 Å². The SMILES string of the molecule is Cc1ccnc(N(C)Cc2ccccc2Br)c1C#N. The highest BCUT2D eigenvalue weighted by Gasteiger charge is 2.12. The van der Waals surface area contributed by atoms with Crippen LogP contribution in [-0.4, -0.2) is 12.0 Å². The van der Waals surface area contributed by atoms with Gasteiger partial charge in [-0.2, -0.15) is 5.26 Å². The second-order valence-corrected chi connectivity index (χ2v) is 5.24. The van der Waals surface area contributed by atoms with Crippen molar-refractivity contribution in [2.24, 2.45) is 0 Å². The van der Waals surface area contributed by atoms with E-state index in [2.05, 4.69) is 33.0 Å². The van der Waals surface area contributed by atoms with Crippen molar-refractivity contribution in [3.05, 3.63) is 57.7 Å². The first-order valence-electron chi connectivity index (χ1n) is 5.93. The van der Waals surface area contributed by atoms with Gasteiger partial charge < -0.3 is 4.90 Å². The summed E-state index contributed by atoms with van der Waals surface area (Å²) in [6.07, 6.45) is 1.74. The zero-order valence-corrected chi connectivity index (χ0v) is 12.5. The van der Waals surface area contributed by atoms with Gasteiger partial charge in [0.2, 0.25) is 0 Å². The number of hydrogen-bond donors (Lipinski definition) is 0. The summed E-state index contributed by atoms with van der Waals surface area (Å²) >= 11 is 3.54. The molecule has 1 heterocycles. The monoisotopic (exact) mass is 315 g/mol. The Balaban J connectivity index is 2.31. The molecular formula is C15H14BrN3. The van der Waals surface area contributed by atoms with E-state index < -0.39 is 0 Å². The summed E-state index contributed by atoms with van der Waals surface area (Å²) in [6.45, 7) is 2.63. The molecule has 4 heteroatoms. The van der Waals surface area contributed by atoms with E-state index in [0.717, 1.165) is 21.4 Å². The molecule has 0 unspecified atom stereocenters. The number of halogens is 1. The van der Waals surface area contributed by atoms with Crippen LogP contribution >= 0.6 is 15.9 Å². The van der Waals surface area contributed by atoms with Gasteiger partial charge in [-0.25, -0.2) is 4.98 Å². The lowest BCUT2D eigenvalue weighted by atomic mass is 10.1. The molecule has 0 atom stereocenters. The van der Waals surface area contributed by atoms with Gasteiger partial charge in [-0.1, -0.05) is 34.1 Å². The topological polar surface area (TPSA) is 39.9 Å². The number of pyridine rings is 1. The molecule has 0 aliphatic heterocycles. The van der Waals surface area contributed by atoms with Crippen molar-refractivity contribution in [3.63, 3.8) is 0 Å². The third-order valence-electron chi connectivity index (χ3n) is 2.98. The molecule has 0 N–H and O–H groups in total. The number of hydrogen-bond acceptors (Lipinski definition) is 3. The third kappa shape index (κ3) is 2.94. The highest BCUT2D eigenvalue weighted by molar-refractivity contribution is 9.10. The summed E-state index contributed by atoms with van der Waals surface area (Å²) in [6, 6.07) is 12.1. The van der Waals surface area contributed by atoms with Crippen LogP contribution in [0, 0.1) is 18.3 Å². The zero-order valence-electron chi connectivity index (χ0n) is 10.9. The number of nitrogens with zero attached hydrogens (tertiary/aromatic N) is 3. The second kappa shape index (κ2) is 5.85. The van der Waals surface area contributed by atoms with Crippen molar-refractivity contribution in [3.8, 4) is 6.07 Å². The van der Waals surface area contributed by atoms with E-state index in [1.807, 2.05) is 43.1 Å². The Labute approximate surface area is 121 Å². The van der Waals surface area contributed by atoms with Crippen LogP contribution in [0.2, 0.25) is 0 Å². The highest BCUT2D eigenvalue weighted by Crippen LogP contribution is 2.23. The van der Waals surface area contributed by atoms with Crippen molar-refractivity contribution in [1.82, 2.24) is 4.98 Å². The summed E-state index contributed by atoms with van der Waals surface area (Å²) in [5, 5.41) is 9.24. The molecule has 0 aliphatic rings. The van der Waals surface area contributed by atoms with E-state index in [0.29, 0.717) is 12.1 Å². The summed E-state index contributed by atoms with van der Waals surface area (Å²) < 4.78 is 1.06. The van der Waals surface area contributed by atoms with Crippen molar-refractivity contribution in [2.45, 2.75) is 13.5 Å². The Bertz CT molecular complexity index is 632. The molecular weight excluding hydrogens is 302 g/mol.